The van der Waals surface area contributed by atoms with Crippen LogP contribution < -0.4 is 0 Å². The van der Waals surface area contributed by atoms with Gasteiger partial charge in [0.1, 0.15) is 0 Å². The van der Waals surface area contributed by atoms with Crippen LogP contribution in [0.25, 0.3) is 111 Å². The molecule has 9 aromatic carbocycles. The molecule has 236 valence electrons. The number of para-hydroxylation sites is 1. The Hall–Kier alpha value is -6.00. The minimum Gasteiger partial charge on any atom is -0.308 e. The van der Waals surface area contributed by atoms with E-state index in [9.17, 15) is 0 Å². The monoisotopic (exact) mass is 681 g/mol. The maximum absolute atomic E-state index is 2.53. The Morgan fingerprint density at radius 1 is 0.333 bits per heavy atom. The Bertz CT molecular complexity index is 3410. The van der Waals surface area contributed by atoms with Gasteiger partial charge in [0.25, 0.3) is 0 Å². The number of fused-ring (bicyclic) bond motifs is 18. The molecule has 3 heteroatoms. The highest BCUT2D eigenvalue weighted by Crippen LogP contribution is 2.51. The molecule has 0 saturated heterocycles. The van der Waals surface area contributed by atoms with Crippen LogP contribution >= 0.6 is 22.7 Å². The van der Waals surface area contributed by atoms with Crippen molar-refractivity contribution in [2.75, 3.05) is 0 Å². The lowest BCUT2D eigenvalue weighted by Gasteiger charge is -2.15. The van der Waals surface area contributed by atoms with Crippen molar-refractivity contribution in [3.05, 3.63) is 164 Å². The van der Waals surface area contributed by atoms with Crippen molar-refractivity contribution in [2.45, 2.75) is 0 Å². The normalized spacial score (nSPS) is 12.3. The van der Waals surface area contributed by atoms with Gasteiger partial charge in [-0.05, 0) is 69.1 Å². The molecule has 12 rings (SSSR count). The van der Waals surface area contributed by atoms with Crippen molar-refractivity contribution in [1.29, 1.82) is 0 Å². The molecule has 0 aliphatic heterocycles. The molecule has 0 aliphatic rings. The zero-order valence-corrected chi connectivity index (χ0v) is 29.0. The van der Waals surface area contributed by atoms with E-state index in [0.717, 1.165) is 0 Å². The molecule has 0 fully saturated rings. The predicted molar refractivity (Wildman–Crippen MR) is 225 cm³/mol. The summed E-state index contributed by atoms with van der Waals surface area (Å²) in [6.07, 6.45) is 0. The molecule has 0 bridgehead atoms. The maximum Gasteiger partial charge on any atom is 0.0726 e. The minimum atomic E-state index is 1.18. The number of benzene rings is 9. The molecule has 0 N–H and O–H groups in total. The number of nitrogens with zero attached hydrogens (tertiary/aromatic N) is 1. The van der Waals surface area contributed by atoms with Gasteiger partial charge in [-0.3, -0.25) is 0 Å². The summed E-state index contributed by atoms with van der Waals surface area (Å²) in [4.78, 5) is 0. The van der Waals surface area contributed by atoms with E-state index < -0.39 is 0 Å². The summed E-state index contributed by atoms with van der Waals surface area (Å²) in [5.74, 6) is 0. The van der Waals surface area contributed by atoms with Crippen molar-refractivity contribution < 1.29 is 0 Å². The largest absolute Gasteiger partial charge is 0.308 e. The molecular weight excluding hydrogens is 655 g/mol. The second-order valence-corrected chi connectivity index (χ2v) is 15.7. The zero-order chi connectivity index (χ0) is 33.2. The first-order chi connectivity index (χ1) is 25.3. The summed E-state index contributed by atoms with van der Waals surface area (Å²) in [5.41, 5.74) is 6.18. The smallest absolute Gasteiger partial charge is 0.0726 e. The topological polar surface area (TPSA) is 4.93 Å². The second kappa shape index (κ2) is 10.3. The van der Waals surface area contributed by atoms with Crippen LogP contribution in [0.3, 0.4) is 0 Å². The van der Waals surface area contributed by atoms with E-state index in [1.54, 1.807) is 0 Å². The van der Waals surface area contributed by atoms with Gasteiger partial charge < -0.3 is 4.57 Å². The van der Waals surface area contributed by atoms with Crippen LogP contribution in [-0.2, 0) is 0 Å². The Balaban J connectivity index is 1.20. The van der Waals surface area contributed by atoms with Gasteiger partial charge in [0, 0.05) is 62.9 Å². The molecule has 0 radical (unpaired) electrons. The molecule has 0 atom stereocenters. The SMILES string of the molecule is c1ccc2c(c1)sc1cc(-c3ccc(-n4c5ccccc5c5c6c7ccccc7c7ccccc7c6c6c7ccccc7sc6c54)cc3)ccc12. The standard InChI is InChI=1S/C48H27NS2/c1-3-14-35-31(11-1)32-12-2-4-15-36(32)44-43(35)45-37-16-5-8-18-39(37)49(47(45)48-46(44)38-17-7-10-20-41(38)51-48)30-24-21-28(22-25-30)29-23-26-34-33-13-6-9-19-40(33)50-42(34)27-29/h1-27H. The average molecular weight is 682 g/mol. The van der Waals surface area contributed by atoms with E-state index in [-0.39, 0.29) is 0 Å². The van der Waals surface area contributed by atoms with Gasteiger partial charge in [0.05, 0.1) is 15.7 Å². The van der Waals surface area contributed by atoms with Crippen LogP contribution in [0.5, 0.6) is 0 Å². The molecule has 3 heterocycles. The molecule has 0 amide bonds. The Kier molecular flexibility index (Phi) is 5.59. The van der Waals surface area contributed by atoms with Crippen LogP contribution in [0.1, 0.15) is 0 Å². The molecule has 0 spiro atoms. The fourth-order valence-electron chi connectivity index (χ4n) is 8.81. The van der Waals surface area contributed by atoms with Crippen molar-refractivity contribution in [1.82, 2.24) is 4.57 Å². The average Bonchev–Trinajstić information content (AvgIpc) is 3.87. The van der Waals surface area contributed by atoms with Gasteiger partial charge in [0.2, 0.25) is 0 Å². The molecule has 12 aromatic rings. The maximum atomic E-state index is 2.53. The highest BCUT2D eigenvalue weighted by Gasteiger charge is 2.24. The van der Waals surface area contributed by atoms with Gasteiger partial charge in [-0.2, -0.15) is 0 Å². The van der Waals surface area contributed by atoms with Crippen molar-refractivity contribution in [3.8, 4) is 16.8 Å². The minimum absolute atomic E-state index is 1.18. The van der Waals surface area contributed by atoms with Crippen LogP contribution in [0.4, 0.5) is 0 Å². The first-order valence-electron chi connectivity index (χ1n) is 17.4. The van der Waals surface area contributed by atoms with E-state index in [0.29, 0.717) is 0 Å². The Morgan fingerprint density at radius 3 is 1.59 bits per heavy atom. The summed E-state index contributed by atoms with van der Waals surface area (Å²) < 4.78 is 7.87. The molecule has 0 unspecified atom stereocenters. The van der Waals surface area contributed by atoms with E-state index in [4.69, 9.17) is 0 Å². The lowest BCUT2D eigenvalue weighted by atomic mass is 9.89. The Labute approximate surface area is 300 Å². The number of thiophene rings is 2. The number of rotatable bonds is 2. The van der Waals surface area contributed by atoms with E-state index in [2.05, 4.69) is 168 Å². The Morgan fingerprint density at radius 2 is 0.863 bits per heavy atom. The first-order valence-corrected chi connectivity index (χ1v) is 19.1. The van der Waals surface area contributed by atoms with Gasteiger partial charge >= 0.3 is 0 Å². The molecule has 0 saturated carbocycles. The van der Waals surface area contributed by atoms with Crippen LogP contribution in [0.15, 0.2) is 164 Å². The first kappa shape index (κ1) is 27.8. The lowest BCUT2D eigenvalue weighted by Crippen LogP contribution is -1.94. The summed E-state index contributed by atoms with van der Waals surface area (Å²) in [5, 5.41) is 15.9. The quantitative estimate of drug-likeness (QED) is 0.160. The van der Waals surface area contributed by atoms with Gasteiger partial charge in [-0.25, -0.2) is 0 Å². The fourth-order valence-corrected chi connectivity index (χ4v) is 11.2. The summed E-state index contributed by atoms with van der Waals surface area (Å²) in [6.45, 7) is 0. The fraction of sp³-hybridized carbons (Fsp3) is 0. The third kappa shape index (κ3) is 3.74. The summed E-state index contributed by atoms with van der Waals surface area (Å²) >= 11 is 3.80. The highest BCUT2D eigenvalue weighted by atomic mass is 32.1. The van der Waals surface area contributed by atoms with E-state index in [1.807, 2.05) is 22.7 Å². The van der Waals surface area contributed by atoms with E-state index >= 15 is 0 Å². The molecule has 0 aliphatic carbocycles. The molecule has 51 heavy (non-hydrogen) atoms. The molecule has 1 nitrogen and oxygen atoms in total. The third-order valence-corrected chi connectivity index (χ3v) is 13.3. The zero-order valence-electron chi connectivity index (χ0n) is 27.4. The predicted octanol–water partition coefficient (Wildman–Crippen LogP) is 14.6. The van der Waals surface area contributed by atoms with Crippen LogP contribution in [0.2, 0.25) is 0 Å². The summed E-state index contributed by atoms with van der Waals surface area (Å²) in [6, 6.07) is 60.9. The van der Waals surface area contributed by atoms with Crippen molar-refractivity contribution >= 4 is 117 Å². The third-order valence-electron chi connectivity index (χ3n) is 11.0. The van der Waals surface area contributed by atoms with Crippen molar-refractivity contribution in [3.63, 3.8) is 0 Å². The van der Waals surface area contributed by atoms with Crippen LogP contribution in [-0.4, -0.2) is 4.57 Å². The molecule has 3 aromatic heterocycles. The lowest BCUT2D eigenvalue weighted by molar-refractivity contribution is 1.19. The number of aromatic nitrogens is 1. The van der Waals surface area contributed by atoms with Gasteiger partial charge in [-0.15, -0.1) is 22.7 Å². The number of hydrogen-bond donors (Lipinski definition) is 0. The van der Waals surface area contributed by atoms with Gasteiger partial charge in [-0.1, -0.05) is 127 Å². The molecular formula is C48H27NS2. The second-order valence-electron chi connectivity index (χ2n) is 13.6. The summed E-state index contributed by atoms with van der Waals surface area (Å²) in [7, 11) is 0. The highest BCUT2D eigenvalue weighted by molar-refractivity contribution is 7.27. The van der Waals surface area contributed by atoms with Crippen molar-refractivity contribution in [2.24, 2.45) is 0 Å². The van der Waals surface area contributed by atoms with Gasteiger partial charge in [0.15, 0.2) is 0 Å². The van der Waals surface area contributed by atoms with E-state index in [1.165, 1.54) is 111 Å². The number of hydrogen-bond acceptors (Lipinski definition) is 2. The van der Waals surface area contributed by atoms with Crippen LogP contribution in [0, 0.1) is 0 Å².